The molecule has 0 aliphatic carbocycles. The van der Waals surface area contributed by atoms with Crippen molar-refractivity contribution in [2.45, 2.75) is 95.9 Å². The maximum atomic E-state index is 10.9. The molecule has 0 amide bonds. The Hall–Kier alpha value is -15.6. The number of furan rings is 4. The molecule has 18 aromatic carbocycles. The van der Waals surface area contributed by atoms with Crippen molar-refractivity contribution >= 4 is 199 Å². The molecule has 0 saturated carbocycles. The summed E-state index contributed by atoms with van der Waals surface area (Å²) < 4.78 is 27.5. The van der Waals surface area contributed by atoms with Gasteiger partial charge in [0, 0.05) is 123 Å². The topological polar surface area (TPSA) is 113 Å². The molecule has 0 atom stereocenters. The quantitative estimate of drug-likeness (QED) is 0.0983. The van der Waals surface area contributed by atoms with Crippen molar-refractivity contribution < 1.29 is 17.7 Å². The van der Waals surface area contributed by atoms with Gasteiger partial charge in [0.05, 0.1) is 11.1 Å². The minimum absolute atomic E-state index is 0.421. The van der Waals surface area contributed by atoms with Gasteiger partial charge in [-0.05, 0) is 362 Å². The molecule has 0 aliphatic rings. The molecule has 0 saturated heterocycles. The zero-order valence-corrected chi connectivity index (χ0v) is 72.4. The SMILES string of the molecule is Cc1ccc(C)c(N(c2ccc3cc4c(cc3c2)oc2cc(C#N)c3oc5cc6cc(N(c7cc(C)ccc7C)c7cc(CCc8cccc(N(c9ccc%10cc%11c(cc%10c9)oc9cc(C#N)c%10oc%12cc%13cc(N(c%14ccccc%14C)c%14cccc(C)c%14C)ccc%13cc%12c%10c9%11)c9ccccc9C)c8C)ccc7C)ccc6cc5c3c24)c2cc(C)ccc2C)c1. The van der Waals surface area contributed by atoms with Gasteiger partial charge in [-0.3, -0.25) is 0 Å². The van der Waals surface area contributed by atoms with Crippen LogP contribution in [0.15, 0.2) is 309 Å². The molecule has 22 aromatic rings. The summed E-state index contributed by atoms with van der Waals surface area (Å²) in [6, 6.07) is 110. The van der Waals surface area contributed by atoms with Crippen molar-refractivity contribution in [2.24, 2.45) is 0 Å². The summed E-state index contributed by atoms with van der Waals surface area (Å²) in [5, 5.41) is 37.4. The smallest absolute Gasteiger partial charge is 0.154 e. The molecular formula is C116H88N6O4. The lowest BCUT2D eigenvalue weighted by molar-refractivity contribution is 0.662. The van der Waals surface area contributed by atoms with Crippen LogP contribution < -0.4 is 19.6 Å². The van der Waals surface area contributed by atoms with Gasteiger partial charge in [0.2, 0.25) is 0 Å². The summed E-state index contributed by atoms with van der Waals surface area (Å²) in [5.74, 6) is 0. The minimum Gasteiger partial charge on any atom is -0.456 e. The van der Waals surface area contributed by atoms with Crippen molar-refractivity contribution in [3.05, 3.63) is 380 Å². The van der Waals surface area contributed by atoms with E-state index in [1.807, 2.05) is 12.1 Å². The maximum Gasteiger partial charge on any atom is 0.154 e. The highest BCUT2D eigenvalue weighted by Gasteiger charge is 2.29. The Bertz CT molecular complexity index is 8470. The van der Waals surface area contributed by atoms with Crippen LogP contribution in [0.1, 0.15) is 89.0 Å². The largest absolute Gasteiger partial charge is 0.456 e. The van der Waals surface area contributed by atoms with Crippen molar-refractivity contribution in [2.75, 3.05) is 19.6 Å². The van der Waals surface area contributed by atoms with Gasteiger partial charge in [-0.2, -0.15) is 10.5 Å². The van der Waals surface area contributed by atoms with Gasteiger partial charge in [0.25, 0.3) is 0 Å². The first-order valence-corrected chi connectivity index (χ1v) is 43.3. The lowest BCUT2D eigenvalue weighted by Gasteiger charge is -2.30. The van der Waals surface area contributed by atoms with Gasteiger partial charge in [-0.25, -0.2) is 0 Å². The second kappa shape index (κ2) is 29.6. The molecule has 0 unspecified atom stereocenters. The molecule has 0 bridgehead atoms. The number of hydrogen-bond acceptors (Lipinski definition) is 10. The first-order chi connectivity index (χ1) is 61.2. The van der Waals surface area contributed by atoms with Gasteiger partial charge >= 0.3 is 0 Å². The molecule has 0 fully saturated rings. The van der Waals surface area contributed by atoms with Crippen LogP contribution in [0.25, 0.3) is 131 Å². The number of anilines is 12. The normalized spacial score (nSPS) is 11.9. The number of hydrogen-bond donors (Lipinski definition) is 0. The summed E-state index contributed by atoms with van der Waals surface area (Å²) in [5.41, 5.74) is 35.8. The van der Waals surface area contributed by atoms with E-state index in [0.717, 1.165) is 195 Å². The van der Waals surface area contributed by atoms with Crippen LogP contribution in [0, 0.1) is 106 Å². The van der Waals surface area contributed by atoms with E-state index in [-0.39, 0.29) is 0 Å². The Balaban J connectivity index is 0.586. The van der Waals surface area contributed by atoms with E-state index in [1.165, 1.54) is 61.2 Å². The summed E-state index contributed by atoms with van der Waals surface area (Å²) in [7, 11) is 0. The van der Waals surface area contributed by atoms with Crippen LogP contribution in [0.2, 0.25) is 0 Å². The van der Waals surface area contributed by atoms with Crippen LogP contribution in [0.4, 0.5) is 68.2 Å². The van der Waals surface area contributed by atoms with Crippen LogP contribution in [-0.4, -0.2) is 0 Å². The zero-order chi connectivity index (χ0) is 85.9. The molecule has 126 heavy (non-hydrogen) atoms. The monoisotopic (exact) mass is 1630 g/mol. The molecule has 10 heteroatoms. The molecule has 10 nitrogen and oxygen atoms in total. The lowest BCUT2D eigenvalue weighted by atomic mass is 9.96. The van der Waals surface area contributed by atoms with E-state index in [4.69, 9.17) is 17.7 Å². The van der Waals surface area contributed by atoms with Crippen molar-refractivity contribution in [1.82, 2.24) is 0 Å². The number of benzene rings is 18. The standard InChI is InChI=1S/C116H88N6O4/c1-65-27-30-71(7)101(45-65)121(102-46-66(2)28-31-72(102)8)91-43-39-80-54-94-106(58-84(80)51-91)124-110-62-88(64-118)116-114(112(94)110)96-56-82-40-44-92(52-86(82)60-108(96)126-116)122(103-47-67(3)29-32-73(103)9)104-48-77(34-33-74(104)10)35-36-78-22-18-26-100(76(78)12)120(98-24-16-14-20-70(98)6)90-42-37-79-53-93-105(57-83(79)49-90)123-109-61-87(63-117)115-113(111(93)109)95-55-81-38-41-89(50-85(81)59-107(95)125-115)119(97-23-15-13-19-69(97)5)99-25-17-21-68(4)75(99)11/h13-34,37-62H,35-36H2,1-12H3. The van der Waals surface area contributed by atoms with Crippen LogP contribution in [-0.2, 0) is 12.8 Å². The number of nitrogens with zero attached hydrogens (tertiary/aromatic N) is 6. The molecular weight excluding hydrogens is 1540 g/mol. The van der Waals surface area contributed by atoms with E-state index in [0.29, 0.717) is 44.6 Å². The molecule has 22 rings (SSSR count). The van der Waals surface area contributed by atoms with Crippen molar-refractivity contribution in [3.8, 4) is 12.1 Å². The highest BCUT2D eigenvalue weighted by molar-refractivity contribution is 6.31. The van der Waals surface area contributed by atoms with Crippen LogP contribution >= 0.6 is 0 Å². The minimum atomic E-state index is 0.421. The molecule has 0 aliphatic heterocycles. The average molecular weight is 1630 g/mol. The Labute approximate surface area is 730 Å². The Morgan fingerprint density at radius 2 is 0.571 bits per heavy atom. The van der Waals surface area contributed by atoms with Gasteiger partial charge in [0.1, 0.15) is 45.6 Å². The highest BCUT2D eigenvalue weighted by Crippen LogP contribution is 2.52. The number of rotatable bonds is 15. The van der Waals surface area contributed by atoms with Gasteiger partial charge in [0.15, 0.2) is 11.2 Å². The Morgan fingerprint density at radius 1 is 0.238 bits per heavy atom. The second-order valence-electron chi connectivity index (χ2n) is 34.8. The first kappa shape index (κ1) is 76.5. The predicted octanol–water partition coefficient (Wildman–Crippen LogP) is 33.0. The molecule has 606 valence electrons. The summed E-state index contributed by atoms with van der Waals surface area (Å²) >= 11 is 0. The fourth-order valence-electron chi connectivity index (χ4n) is 19.7. The third-order valence-corrected chi connectivity index (χ3v) is 26.6. The first-order valence-electron chi connectivity index (χ1n) is 43.3. The molecule has 0 N–H and O–H groups in total. The third-order valence-electron chi connectivity index (χ3n) is 26.6. The second-order valence-corrected chi connectivity index (χ2v) is 34.8. The Morgan fingerprint density at radius 3 is 0.976 bits per heavy atom. The molecule has 0 radical (unpaired) electrons. The number of aryl methyl sites for hydroxylation is 12. The molecule has 4 heterocycles. The van der Waals surface area contributed by atoms with Gasteiger partial charge in [-0.1, -0.05) is 133 Å². The van der Waals surface area contributed by atoms with Crippen LogP contribution in [0.5, 0.6) is 0 Å². The average Bonchev–Trinajstić information content (AvgIpc) is 1.56. The van der Waals surface area contributed by atoms with E-state index < -0.39 is 0 Å². The summed E-state index contributed by atoms with van der Waals surface area (Å²) in [6.07, 6.45) is 1.60. The van der Waals surface area contributed by atoms with E-state index in [1.54, 1.807) is 0 Å². The number of para-hydroxylation sites is 2. The van der Waals surface area contributed by atoms with Crippen molar-refractivity contribution in [3.63, 3.8) is 0 Å². The number of nitriles is 2. The van der Waals surface area contributed by atoms with Crippen molar-refractivity contribution in [1.29, 1.82) is 10.5 Å². The molecule has 4 aromatic heterocycles. The molecule has 0 spiro atoms. The maximum absolute atomic E-state index is 10.9. The zero-order valence-electron chi connectivity index (χ0n) is 72.4. The highest BCUT2D eigenvalue weighted by atomic mass is 16.3. The Kier molecular flexibility index (Phi) is 18.0. The van der Waals surface area contributed by atoms with E-state index in [2.05, 4.69) is 394 Å². The fraction of sp³-hybridized carbons (Fsp3) is 0.121. The number of fused-ring (bicyclic) bond motifs is 18. The third kappa shape index (κ3) is 12.6. The lowest BCUT2D eigenvalue weighted by Crippen LogP contribution is -2.14. The van der Waals surface area contributed by atoms with Gasteiger partial charge < -0.3 is 37.3 Å². The summed E-state index contributed by atoms with van der Waals surface area (Å²) in [6.45, 7) is 26.2. The summed E-state index contributed by atoms with van der Waals surface area (Å²) in [4.78, 5) is 9.59. The van der Waals surface area contributed by atoms with E-state index >= 15 is 0 Å². The fourth-order valence-corrected chi connectivity index (χ4v) is 19.7. The van der Waals surface area contributed by atoms with E-state index in [9.17, 15) is 10.5 Å². The predicted molar refractivity (Wildman–Crippen MR) is 524 cm³/mol. The van der Waals surface area contributed by atoms with Crippen LogP contribution in [0.3, 0.4) is 0 Å². The van der Waals surface area contributed by atoms with Gasteiger partial charge in [-0.15, -0.1) is 0 Å².